The van der Waals surface area contributed by atoms with E-state index in [2.05, 4.69) is 57.2 Å². The number of benzene rings is 1. The van der Waals surface area contributed by atoms with Crippen molar-refractivity contribution in [2.75, 3.05) is 0 Å². The number of aromatic nitrogens is 1. The Balaban J connectivity index is 1.97. The van der Waals surface area contributed by atoms with Gasteiger partial charge in [-0.2, -0.15) is 0 Å². The van der Waals surface area contributed by atoms with Crippen LogP contribution in [0.2, 0.25) is 0 Å². The van der Waals surface area contributed by atoms with E-state index in [-0.39, 0.29) is 0 Å². The molecule has 2 aromatic rings. The summed E-state index contributed by atoms with van der Waals surface area (Å²) >= 11 is 0. The zero-order valence-electron chi connectivity index (χ0n) is 13.5. The lowest BCUT2D eigenvalue weighted by Crippen LogP contribution is -2.21. The summed E-state index contributed by atoms with van der Waals surface area (Å²) in [4.78, 5) is 0. The predicted molar refractivity (Wildman–Crippen MR) is 83.5 cm³/mol. The molecular formula is C17H24N2O2. The van der Waals surface area contributed by atoms with Gasteiger partial charge in [-0.3, -0.25) is 0 Å². The maximum Gasteiger partial charge on any atom is 0.174 e. The molecule has 1 aromatic carbocycles. The summed E-state index contributed by atoms with van der Waals surface area (Å²) in [5.74, 6) is 1.65. The lowest BCUT2D eigenvalue weighted by Gasteiger charge is -2.11. The van der Waals surface area contributed by atoms with Crippen molar-refractivity contribution in [1.29, 1.82) is 0 Å². The first-order valence-electron chi connectivity index (χ1n) is 7.34. The van der Waals surface area contributed by atoms with E-state index in [4.69, 9.17) is 9.26 Å². The maximum absolute atomic E-state index is 5.87. The number of aryl methyl sites for hydroxylation is 2. The van der Waals surface area contributed by atoms with Crippen molar-refractivity contribution in [3.8, 4) is 5.75 Å². The van der Waals surface area contributed by atoms with Gasteiger partial charge in [0.15, 0.2) is 5.76 Å². The molecule has 21 heavy (non-hydrogen) atoms. The molecule has 0 atom stereocenters. The lowest BCUT2D eigenvalue weighted by molar-refractivity contribution is 0.247. The van der Waals surface area contributed by atoms with Gasteiger partial charge in [0, 0.05) is 18.7 Å². The topological polar surface area (TPSA) is 47.3 Å². The highest BCUT2D eigenvalue weighted by Gasteiger charge is 2.08. The number of nitrogens with one attached hydrogen (secondary N) is 1. The number of nitrogens with zero attached hydrogens (tertiary/aromatic N) is 1. The molecule has 0 unspecified atom stereocenters. The number of ether oxygens (including phenoxy) is 1. The second-order valence-corrected chi connectivity index (χ2v) is 5.81. The van der Waals surface area contributed by atoms with Crippen molar-refractivity contribution >= 4 is 0 Å². The number of hydrogen-bond acceptors (Lipinski definition) is 4. The minimum Gasteiger partial charge on any atom is -0.485 e. The van der Waals surface area contributed by atoms with Crippen LogP contribution in [-0.2, 0) is 13.2 Å². The minimum absolute atomic E-state index is 0.401. The fourth-order valence-corrected chi connectivity index (χ4v) is 2.12. The van der Waals surface area contributed by atoms with Crippen LogP contribution in [0.4, 0.5) is 0 Å². The predicted octanol–water partition coefficient (Wildman–Crippen LogP) is 3.68. The fourth-order valence-electron chi connectivity index (χ4n) is 2.12. The summed E-state index contributed by atoms with van der Waals surface area (Å²) in [6, 6.07) is 6.58. The van der Waals surface area contributed by atoms with Crippen molar-refractivity contribution in [1.82, 2.24) is 10.5 Å². The highest BCUT2D eigenvalue weighted by atomic mass is 16.5. The van der Waals surface area contributed by atoms with Gasteiger partial charge in [-0.25, -0.2) is 0 Å². The quantitative estimate of drug-likeness (QED) is 0.881. The monoisotopic (exact) mass is 288 g/mol. The summed E-state index contributed by atoms with van der Waals surface area (Å²) < 4.78 is 11.2. The zero-order chi connectivity index (χ0) is 15.4. The van der Waals surface area contributed by atoms with Gasteiger partial charge in [0.05, 0.1) is 5.69 Å². The lowest BCUT2D eigenvalue weighted by atomic mass is 10.1. The average molecular weight is 288 g/mol. The summed E-state index contributed by atoms with van der Waals surface area (Å²) in [5, 5.41) is 7.35. The first-order valence-corrected chi connectivity index (χ1v) is 7.34. The van der Waals surface area contributed by atoms with Crippen molar-refractivity contribution < 1.29 is 9.26 Å². The van der Waals surface area contributed by atoms with Gasteiger partial charge in [-0.15, -0.1) is 0 Å². The molecular weight excluding hydrogens is 264 g/mol. The van der Waals surface area contributed by atoms with Crippen molar-refractivity contribution in [2.45, 2.75) is 53.8 Å². The van der Waals surface area contributed by atoms with Crippen molar-refractivity contribution in [2.24, 2.45) is 0 Å². The van der Waals surface area contributed by atoms with Crippen LogP contribution in [0.15, 0.2) is 22.7 Å². The Kier molecular flexibility index (Phi) is 5.02. The van der Waals surface area contributed by atoms with Gasteiger partial charge in [-0.05, 0) is 43.5 Å². The minimum atomic E-state index is 0.401. The molecule has 0 amide bonds. The summed E-state index contributed by atoms with van der Waals surface area (Å²) in [6.07, 6.45) is 0. The van der Waals surface area contributed by atoms with E-state index in [0.29, 0.717) is 19.2 Å². The molecule has 0 fully saturated rings. The van der Waals surface area contributed by atoms with Crippen molar-refractivity contribution in [3.63, 3.8) is 0 Å². The molecule has 2 rings (SSSR count). The molecule has 0 saturated heterocycles. The fraction of sp³-hybridized carbons (Fsp3) is 0.471. The third-order valence-corrected chi connectivity index (χ3v) is 3.43. The molecule has 0 aliphatic heterocycles. The van der Waals surface area contributed by atoms with Crippen LogP contribution in [0.5, 0.6) is 5.75 Å². The van der Waals surface area contributed by atoms with E-state index in [0.717, 1.165) is 17.2 Å². The second-order valence-electron chi connectivity index (χ2n) is 5.81. The van der Waals surface area contributed by atoms with Crippen LogP contribution in [0.1, 0.15) is 42.0 Å². The van der Waals surface area contributed by atoms with Gasteiger partial charge in [0.1, 0.15) is 12.4 Å². The third kappa shape index (κ3) is 4.33. The Morgan fingerprint density at radius 3 is 2.67 bits per heavy atom. The Bertz CT molecular complexity index is 603. The summed E-state index contributed by atoms with van der Waals surface area (Å²) in [5.41, 5.74) is 4.51. The van der Waals surface area contributed by atoms with Crippen LogP contribution in [0.25, 0.3) is 0 Å². The number of hydrogen-bond donors (Lipinski definition) is 1. The van der Waals surface area contributed by atoms with E-state index in [9.17, 15) is 0 Å². The number of rotatable bonds is 6. The largest absolute Gasteiger partial charge is 0.485 e. The molecule has 0 spiro atoms. The summed E-state index contributed by atoms with van der Waals surface area (Å²) in [6.45, 7) is 11.6. The maximum atomic E-state index is 5.87. The highest BCUT2D eigenvalue weighted by Crippen LogP contribution is 2.24. The first kappa shape index (κ1) is 15.6. The Morgan fingerprint density at radius 1 is 1.19 bits per heavy atom. The molecule has 1 heterocycles. The SMILES string of the molecule is Cc1cc(C)c(C)c(OCc2cc(CNC(C)C)no2)c1. The van der Waals surface area contributed by atoms with Crippen LogP contribution in [-0.4, -0.2) is 11.2 Å². The normalized spacial score (nSPS) is 11.1. The van der Waals surface area contributed by atoms with Gasteiger partial charge >= 0.3 is 0 Å². The molecule has 4 heteroatoms. The summed E-state index contributed by atoms with van der Waals surface area (Å²) in [7, 11) is 0. The van der Waals surface area contributed by atoms with Crippen LogP contribution in [0, 0.1) is 20.8 Å². The molecule has 0 aliphatic carbocycles. The molecule has 0 radical (unpaired) electrons. The standard InChI is InChI=1S/C17H24N2O2/c1-11(2)18-9-15-8-16(21-19-15)10-20-17-7-12(3)6-13(4)14(17)5/h6-8,11,18H,9-10H2,1-5H3. The second kappa shape index (κ2) is 6.76. The van der Waals surface area contributed by atoms with E-state index in [1.54, 1.807) is 0 Å². The van der Waals surface area contributed by atoms with Crippen LogP contribution < -0.4 is 10.1 Å². The van der Waals surface area contributed by atoms with E-state index < -0.39 is 0 Å². The van der Waals surface area contributed by atoms with Gasteiger partial charge in [0.2, 0.25) is 0 Å². The average Bonchev–Trinajstić information content (AvgIpc) is 2.87. The van der Waals surface area contributed by atoms with E-state index in [1.165, 1.54) is 16.7 Å². The van der Waals surface area contributed by atoms with Gasteiger partial charge in [-0.1, -0.05) is 25.1 Å². The first-order chi connectivity index (χ1) is 9.95. The Hall–Kier alpha value is -1.81. The van der Waals surface area contributed by atoms with Gasteiger partial charge < -0.3 is 14.6 Å². The Labute approximate surface area is 126 Å². The molecule has 0 aliphatic rings. The molecule has 114 valence electrons. The zero-order valence-corrected chi connectivity index (χ0v) is 13.5. The third-order valence-electron chi connectivity index (χ3n) is 3.43. The highest BCUT2D eigenvalue weighted by molar-refractivity contribution is 5.41. The Morgan fingerprint density at radius 2 is 1.95 bits per heavy atom. The van der Waals surface area contributed by atoms with E-state index >= 15 is 0 Å². The molecule has 0 bridgehead atoms. The molecule has 4 nitrogen and oxygen atoms in total. The smallest absolute Gasteiger partial charge is 0.174 e. The van der Waals surface area contributed by atoms with Crippen LogP contribution in [0.3, 0.4) is 0 Å². The van der Waals surface area contributed by atoms with E-state index in [1.807, 2.05) is 6.07 Å². The molecule has 1 N–H and O–H groups in total. The van der Waals surface area contributed by atoms with Gasteiger partial charge in [0.25, 0.3) is 0 Å². The molecule has 1 aromatic heterocycles. The van der Waals surface area contributed by atoms with Crippen molar-refractivity contribution in [3.05, 3.63) is 46.3 Å². The van der Waals surface area contributed by atoms with Crippen LogP contribution >= 0.6 is 0 Å². The molecule has 0 saturated carbocycles.